The van der Waals surface area contributed by atoms with Gasteiger partial charge in [-0.2, -0.15) is 0 Å². The van der Waals surface area contributed by atoms with Crippen molar-refractivity contribution < 1.29 is 14.6 Å². The van der Waals surface area contributed by atoms with Crippen molar-refractivity contribution in [3.63, 3.8) is 0 Å². The summed E-state index contributed by atoms with van der Waals surface area (Å²) in [6, 6.07) is 0. The molecule has 0 spiro atoms. The van der Waals surface area contributed by atoms with Crippen LogP contribution < -0.4 is 5.73 Å². The van der Waals surface area contributed by atoms with E-state index in [9.17, 15) is 4.79 Å². The van der Waals surface area contributed by atoms with Gasteiger partial charge in [0.1, 0.15) is 5.54 Å². The minimum Gasteiger partial charge on any atom is -0.480 e. The van der Waals surface area contributed by atoms with E-state index >= 15 is 0 Å². The van der Waals surface area contributed by atoms with Crippen molar-refractivity contribution in [2.75, 3.05) is 6.61 Å². The quantitative estimate of drug-likeness (QED) is 0.642. The molecular weight excluding hydrogens is 158 g/mol. The second kappa shape index (κ2) is 4.42. The average Bonchev–Trinajstić information content (AvgIpc) is 1.85. The van der Waals surface area contributed by atoms with E-state index in [1.165, 1.54) is 6.92 Å². The van der Waals surface area contributed by atoms with Crippen LogP contribution in [-0.4, -0.2) is 29.3 Å². The van der Waals surface area contributed by atoms with E-state index in [1.54, 1.807) is 0 Å². The number of hydrogen-bond donors (Lipinski definition) is 2. The Balaban J connectivity index is 3.96. The van der Waals surface area contributed by atoms with Crippen LogP contribution in [0.3, 0.4) is 0 Å². The summed E-state index contributed by atoms with van der Waals surface area (Å²) >= 11 is 0. The molecule has 0 aliphatic heterocycles. The number of aliphatic carboxylic acids is 1. The third-order valence-electron chi connectivity index (χ3n) is 1.65. The van der Waals surface area contributed by atoms with Gasteiger partial charge in [0, 0.05) is 13.0 Å². The van der Waals surface area contributed by atoms with Gasteiger partial charge >= 0.3 is 5.97 Å². The average molecular weight is 175 g/mol. The summed E-state index contributed by atoms with van der Waals surface area (Å²) in [6.45, 7) is 5.75. The molecule has 0 aromatic rings. The van der Waals surface area contributed by atoms with Crippen LogP contribution in [0, 0.1) is 0 Å². The molecule has 4 nitrogen and oxygen atoms in total. The second-order valence-corrected chi connectivity index (χ2v) is 3.19. The fourth-order valence-electron chi connectivity index (χ4n) is 1.03. The van der Waals surface area contributed by atoms with Crippen LogP contribution in [0.2, 0.25) is 0 Å². The summed E-state index contributed by atoms with van der Waals surface area (Å²) in [7, 11) is 0. The molecular formula is C8H17NO3. The SMILES string of the molecule is CCOC(C)CC(C)(N)C(=O)O. The molecule has 2 atom stereocenters. The molecule has 0 aromatic heterocycles. The Morgan fingerprint density at radius 1 is 1.75 bits per heavy atom. The molecule has 0 saturated carbocycles. The van der Waals surface area contributed by atoms with Gasteiger partial charge in [-0.25, -0.2) is 0 Å². The van der Waals surface area contributed by atoms with Crippen LogP contribution in [-0.2, 0) is 9.53 Å². The van der Waals surface area contributed by atoms with Crippen molar-refractivity contribution in [2.45, 2.75) is 38.8 Å². The number of rotatable bonds is 5. The lowest BCUT2D eigenvalue weighted by atomic mass is 9.96. The highest BCUT2D eigenvalue weighted by Gasteiger charge is 2.29. The lowest BCUT2D eigenvalue weighted by molar-refractivity contribution is -0.144. The second-order valence-electron chi connectivity index (χ2n) is 3.19. The standard InChI is InChI=1S/C8H17NO3/c1-4-12-6(2)5-8(3,9)7(10)11/h6H,4-5,9H2,1-3H3,(H,10,11). The first-order valence-electron chi connectivity index (χ1n) is 4.04. The highest BCUT2D eigenvalue weighted by atomic mass is 16.5. The zero-order chi connectivity index (χ0) is 9.78. The van der Waals surface area contributed by atoms with E-state index < -0.39 is 11.5 Å². The highest BCUT2D eigenvalue weighted by Crippen LogP contribution is 2.11. The molecule has 0 saturated heterocycles. The summed E-state index contributed by atoms with van der Waals surface area (Å²) in [5.74, 6) is -0.992. The van der Waals surface area contributed by atoms with Gasteiger partial charge in [0.2, 0.25) is 0 Å². The Bertz CT molecular complexity index is 156. The maximum Gasteiger partial charge on any atom is 0.323 e. The lowest BCUT2D eigenvalue weighted by Gasteiger charge is -2.23. The minimum absolute atomic E-state index is 0.110. The summed E-state index contributed by atoms with van der Waals surface area (Å²) < 4.78 is 5.18. The molecule has 0 heterocycles. The Kier molecular flexibility index (Phi) is 4.20. The smallest absolute Gasteiger partial charge is 0.323 e. The van der Waals surface area contributed by atoms with Crippen LogP contribution in [0.1, 0.15) is 27.2 Å². The molecule has 0 aliphatic rings. The Labute approximate surface area is 72.7 Å². The molecule has 0 aliphatic carbocycles. The highest BCUT2D eigenvalue weighted by molar-refractivity contribution is 5.77. The van der Waals surface area contributed by atoms with Crippen molar-refractivity contribution in [1.29, 1.82) is 0 Å². The van der Waals surface area contributed by atoms with E-state index in [2.05, 4.69) is 0 Å². The summed E-state index contributed by atoms with van der Waals surface area (Å²) in [5, 5.41) is 8.68. The van der Waals surface area contributed by atoms with Crippen molar-refractivity contribution in [1.82, 2.24) is 0 Å². The van der Waals surface area contributed by atoms with Gasteiger partial charge in [0.05, 0.1) is 6.10 Å². The molecule has 0 amide bonds. The number of hydrogen-bond acceptors (Lipinski definition) is 3. The van der Waals surface area contributed by atoms with E-state index in [4.69, 9.17) is 15.6 Å². The first-order valence-corrected chi connectivity index (χ1v) is 4.04. The van der Waals surface area contributed by atoms with Crippen LogP contribution in [0.15, 0.2) is 0 Å². The van der Waals surface area contributed by atoms with Crippen LogP contribution in [0.5, 0.6) is 0 Å². The molecule has 0 bridgehead atoms. The van der Waals surface area contributed by atoms with Crippen molar-refractivity contribution in [2.24, 2.45) is 5.73 Å². The number of carbonyl (C=O) groups is 1. The van der Waals surface area contributed by atoms with Crippen LogP contribution >= 0.6 is 0 Å². The third-order valence-corrected chi connectivity index (χ3v) is 1.65. The van der Waals surface area contributed by atoms with Gasteiger partial charge in [0.25, 0.3) is 0 Å². The molecule has 72 valence electrons. The van der Waals surface area contributed by atoms with E-state index in [1.807, 2.05) is 13.8 Å². The fraction of sp³-hybridized carbons (Fsp3) is 0.875. The van der Waals surface area contributed by atoms with Gasteiger partial charge in [0.15, 0.2) is 0 Å². The number of carboxylic acid groups (broad SMARTS) is 1. The molecule has 4 heteroatoms. The molecule has 2 unspecified atom stereocenters. The van der Waals surface area contributed by atoms with Gasteiger partial charge in [-0.3, -0.25) is 4.79 Å². The summed E-state index contributed by atoms with van der Waals surface area (Å²) in [4.78, 5) is 10.6. The third kappa shape index (κ3) is 3.69. The molecule has 12 heavy (non-hydrogen) atoms. The van der Waals surface area contributed by atoms with Gasteiger partial charge in [-0.15, -0.1) is 0 Å². The normalized spacial score (nSPS) is 18.3. The topological polar surface area (TPSA) is 72.5 Å². The zero-order valence-electron chi connectivity index (χ0n) is 7.83. The predicted molar refractivity (Wildman–Crippen MR) is 45.9 cm³/mol. The Morgan fingerprint density at radius 2 is 2.25 bits per heavy atom. The molecule has 0 radical (unpaired) electrons. The zero-order valence-corrected chi connectivity index (χ0v) is 7.83. The maximum atomic E-state index is 10.6. The fourth-order valence-corrected chi connectivity index (χ4v) is 1.03. The monoisotopic (exact) mass is 175 g/mol. The van der Waals surface area contributed by atoms with Gasteiger partial charge in [-0.05, 0) is 20.8 Å². The van der Waals surface area contributed by atoms with Gasteiger partial charge < -0.3 is 15.6 Å². The van der Waals surface area contributed by atoms with Crippen molar-refractivity contribution in [3.8, 4) is 0 Å². The summed E-state index contributed by atoms with van der Waals surface area (Å²) in [6.07, 6.45) is 0.219. The van der Waals surface area contributed by atoms with E-state index in [-0.39, 0.29) is 6.10 Å². The lowest BCUT2D eigenvalue weighted by Crippen LogP contribution is -2.47. The van der Waals surface area contributed by atoms with Crippen molar-refractivity contribution in [3.05, 3.63) is 0 Å². The Morgan fingerprint density at radius 3 is 2.58 bits per heavy atom. The molecule has 3 N–H and O–H groups in total. The molecule has 0 rings (SSSR count). The van der Waals surface area contributed by atoms with Gasteiger partial charge in [-0.1, -0.05) is 0 Å². The maximum absolute atomic E-state index is 10.6. The first kappa shape index (κ1) is 11.4. The molecule has 0 aromatic carbocycles. The largest absolute Gasteiger partial charge is 0.480 e. The number of carboxylic acids is 1. The first-order chi connectivity index (χ1) is 5.40. The van der Waals surface area contributed by atoms with E-state index in [0.717, 1.165) is 0 Å². The molecule has 0 fully saturated rings. The minimum atomic E-state index is -1.19. The van der Waals surface area contributed by atoms with Crippen LogP contribution in [0.25, 0.3) is 0 Å². The van der Waals surface area contributed by atoms with Crippen molar-refractivity contribution >= 4 is 5.97 Å². The number of nitrogens with two attached hydrogens (primary N) is 1. The summed E-state index contributed by atoms with van der Waals surface area (Å²) in [5.41, 5.74) is 4.33. The van der Waals surface area contributed by atoms with E-state index in [0.29, 0.717) is 13.0 Å². The predicted octanol–water partition coefficient (Wildman–Crippen LogP) is 0.603. The van der Waals surface area contributed by atoms with Crippen LogP contribution in [0.4, 0.5) is 0 Å². The Hall–Kier alpha value is -0.610. The number of ether oxygens (including phenoxy) is 1.